The summed E-state index contributed by atoms with van der Waals surface area (Å²) >= 11 is 0. The van der Waals surface area contributed by atoms with Crippen molar-refractivity contribution in [1.82, 2.24) is 10.3 Å². The molecule has 1 unspecified atom stereocenters. The highest BCUT2D eigenvalue weighted by Crippen LogP contribution is 2.08. The minimum absolute atomic E-state index is 0.0180. The predicted molar refractivity (Wildman–Crippen MR) is 69.6 cm³/mol. The van der Waals surface area contributed by atoms with Gasteiger partial charge in [-0.25, -0.2) is 4.98 Å². The molecule has 0 radical (unpaired) electrons. The lowest BCUT2D eigenvalue weighted by Crippen LogP contribution is -2.39. The zero-order valence-corrected chi connectivity index (χ0v) is 10.5. The molecule has 0 aromatic carbocycles. The number of amides is 1. The number of hydrogen-bond donors (Lipinski definition) is 3. The van der Waals surface area contributed by atoms with Gasteiger partial charge in [0.2, 0.25) is 5.91 Å². The molecule has 0 bridgehead atoms. The van der Waals surface area contributed by atoms with Crippen molar-refractivity contribution in [3.8, 4) is 0 Å². The molecule has 0 aliphatic carbocycles. The lowest BCUT2D eigenvalue weighted by Gasteiger charge is -2.16. The summed E-state index contributed by atoms with van der Waals surface area (Å²) in [5.41, 5.74) is 6.26. The summed E-state index contributed by atoms with van der Waals surface area (Å²) in [6.45, 7) is 6.61. The van der Waals surface area contributed by atoms with Crippen molar-refractivity contribution in [3.05, 3.63) is 18.3 Å². The van der Waals surface area contributed by atoms with Crippen LogP contribution in [0.2, 0.25) is 0 Å². The van der Waals surface area contributed by atoms with Gasteiger partial charge in [-0.2, -0.15) is 0 Å². The molecule has 1 heterocycles. The summed E-state index contributed by atoms with van der Waals surface area (Å²) in [5, 5.41) is 5.93. The van der Waals surface area contributed by atoms with Crippen molar-refractivity contribution < 1.29 is 4.79 Å². The van der Waals surface area contributed by atoms with Gasteiger partial charge in [0.15, 0.2) is 0 Å². The van der Waals surface area contributed by atoms with Crippen LogP contribution in [0.4, 0.5) is 11.5 Å². The normalized spacial score (nSPS) is 12.2. The fraction of sp³-hybridized carbons (Fsp3) is 0.500. The van der Waals surface area contributed by atoms with Gasteiger partial charge in [-0.05, 0) is 25.0 Å². The van der Waals surface area contributed by atoms with Crippen LogP contribution in [0.1, 0.15) is 20.8 Å². The quantitative estimate of drug-likeness (QED) is 0.718. The summed E-state index contributed by atoms with van der Waals surface area (Å²) in [5.74, 6) is 0.896. The van der Waals surface area contributed by atoms with Gasteiger partial charge in [0.05, 0.1) is 11.9 Å². The fourth-order valence-corrected chi connectivity index (χ4v) is 1.26. The van der Waals surface area contributed by atoms with Crippen molar-refractivity contribution in [2.75, 3.05) is 17.6 Å². The van der Waals surface area contributed by atoms with Crippen molar-refractivity contribution in [2.45, 2.75) is 26.8 Å². The summed E-state index contributed by atoms with van der Waals surface area (Å²) in [6, 6.07) is 3.20. The van der Waals surface area contributed by atoms with Gasteiger partial charge in [0.1, 0.15) is 11.9 Å². The average molecular weight is 236 g/mol. The lowest BCUT2D eigenvalue weighted by molar-refractivity contribution is -0.121. The summed E-state index contributed by atoms with van der Waals surface area (Å²) in [4.78, 5) is 15.6. The third-order valence-corrected chi connectivity index (χ3v) is 2.25. The maximum Gasteiger partial charge on any atom is 0.242 e. The molecule has 5 heteroatoms. The van der Waals surface area contributed by atoms with Crippen molar-refractivity contribution in [2.24, 2.45) is 5.92 Å². The van der Waals surface area contributed by atoms with E-state index in [1.54, 1.807) is 18.3 Å². The second-order valence-corrected chi connectivity index (χ2v) is 4.48. The number of carbonyl (C=O) groups is 1. The topological polar surface area (TPSA) is 80.0 Å². The van der Waals surface area contributed by atoms with Crippen LogP contribution in [0, 0.1) is 5.92 Å². The molecule has 0 saturated heterocycles. The molecule has 1 aromatic rings. The minimum atomic E-state index is -0.292. The molecular formula is C12H20N4O. The standard InChI is InChI=1S/C12H20N4O/c1-8(2)6-15-12(17)9(3)16-10-4-5-11(13)14-7-10/h4-5,7-9,16H,6H2,1-3H3,(H2,13,14)(H,15,17). The molecule has 0 saturated carbocycles. The molecule has 17 heavy (non-hydrogen) atoms. The van der Waals surface area contributed by atoms with Gasteiger partial charge in [-0.15, -0.1) is 0 Å². The van der Waals surface area contributed by atoms with E-state index in [-0.39, 0.29) is 11.9 Å². The van der Waals surface area contributed by atoms with Crippen LogP contribution in [0.5, 0.6) is 0 Å². The Morgan fingerprint density at radius 1 is 1.41 bits per heavy atom. The monoisotopic (exact) mass is 236 g/mol. The Hall–Kier alpha value is -1.78. The summed E-state index contributed by atoms with van der Waals surface area (Å²) in [7, 11) is 0. The van der Waals surface area contributed by atoms with E-state index in [4.69, 9.17) is 5.73 Å². The predicted octanol–water partition coefficient (Wildman–Crippen LogP) is 1.24. The van der Waals surface area contributed by atoms with Gasteiger partial charge >= 0.3 is 0 Å². The van der Waals surface area contributed by atoms with Crippen LogP contribution in [-0.2, 0) is 4.79 Å². The zero-order valence-electron chi connectivity index (χ0n) is 10.5. The van der Waals surface area contributed by atoms with E-state index in [9.17, 15) is 4.79 Å². The molecule has 0 aliphatic heterocycles. The molecular weight excluding hydrogens is 216 g/mol. The number of rotatable bonds is 5. The summed E-state index contributed by atoms with van der Waals surface area (Å²) in [6.07, 6.45) is 1.61. The first kappa shape index (κ1) is 13.3. The molecule has 1 atom stereocenters. The number of nitrogen functional groups attached to an aromatic ring is 1. The third-order valence-electron chi connectivity index (χ3n) is 2.25. The Morgan fingerprint density at radius 3 is 2.65 bits per heavy atom. The molecule has 5 nitrogen and oxygen atoms in total. The molecule has 0 fully saturated rings. The number of anilines is 2. The smallest absolute Gasteiger partial charge is 0.242 e. The number of pyridine rings is 1. The van der Waals surface area contributed by atoms with Crippen molar-refractivity contribution >= 4 is 17.4 Å². The van der Waals surface area contributed by atoms with Gasteiger partial charge in [0.25, 0.3) is 0 Å². The SMILES string of the molecule is CC(C)CNC(=O)C(C)Nc1ccc(N)nc1. The van der Waals surface area contributed by atoms with E-state index in [2.05, 4.69) is 29.5 Å². The first-order chi connectivity index (χ1) is 7.99. The number of hydrogen-bond acceptors (Lipinski definition) is 4. The number of carbonyl (C=O) groups excluding carboxylic acids is 1. The Labute approximate surface area is 102 Å². The number of nitrogens with two attached hydrogens (primary N) is 1. The first-order valence-electron chi connectivity index (χ1n) is 5.75. The lowest BCUT2D eigenvalue weighted by atomic mass is 10.2. The number of nitrogens with one attached hydrogen (secondary N) is 2. The fourth-order valence-electron chi connectivity index (χ4n) is 1.26. The molecule has 4 N–H and O–H groups in total. The highest BCUT2D eigenvalue weighted by atomic mass is 16.2. The van der Waals surface area contributed by atoms with Crippen LogP contribution >= 0.6 is 0 Å². The van der Waals surface area contributed by atoms with E-state index in [0.717, 1.165) is 5.69 Å². The molecule has 0 aliphatic rings. The molecule has 1 rings (SSSR count). The zero-order chi connectivity index (χ0) is 12.8. The van der Waals surface area contributed by atoms with Crippen LogP contribution in [0.3, 0.4) is 0 Å². The molecule has 0 spiro atoms. The van der Waals surface area contributed by atoms with Crippen molar-refractivity contribution in [1.29, 1.82) is 0 Å². The Balaban J connectivity index is 2.45. The van der Waals surface area contributed by atoms with Gasteiger partial charge in [-0.1, -0.05) is 13.8 Å². The van der Waals surface area contributed by atoms with E-state index in [1.807, 2.05) is 6.92 Å². The molecule has 1 amide bonds. The number of nitrogens with zero attached hydrogens (tertiary/aromatic N) is 1. The van der Waals surface area contributed by atoms with Gasteiger partial charge < -0.3 is 16.4 Å². The van der Waals surface area contributed by atoms with Crippen LogP contribution in [-0.4, -0.2) is 23.5 Å². The maximum absolute atomic E-state index is 11.7. The van der Waals surface area contributed by atoms with E-state index in [0.29, 0.717) is 18.3 Å². The van der Waals surface area contributed by atoms with E-state index in [1.165, 1.54) is 0 Å². The Morgan fingerprint density at radius 2 is 2.12 bits per heavy atom. The van der Waals surface area contributed by atoms with E-state index >= 15 is 0 Å². The Bertz CT molecular complexity index is 361. The van der Waals surface area contributed by atoms with E-state index < -0.39 is 0 Å². The third kappa shape index (κ3) is 4.72. The second-order valence-electron chi connectivity index (χ2n) is 4.48. The first-order valence-corrected chi connectivity index (χ1v) is 5.75. The van der Waals surface area contributed by atoms with Gasteiger partial charge in [0, 0.05) is 6.54 Å². The number of aromatic nitrogens is 1. The Kier molecular flexibility index (Phi) is 4.75. The second kappa shape index (κ2) is 6.08. The molecule has 94 valence electrons. The highest BCUT2D eigenvalue weighted by molar-refractivity contribution is 5.84. The maximum atomic E-state index is 11.7. The van der Waals surface area contributed by atoms with Gasteiger partial charge in [-0.3, -0.25) is 4.79 Å². The van der Waals surface area contributed by atoms with Crippen molar-refractivity contribution in [3.63, 3.8) is 0 Å². The van der Waals surface area contributed by atoms with Crippen LogP contribution in [0.25, 0.3) is 0 Å². The van der Waals surface area contributed by atoms with Crippen LogP contribution < -0.4 is 16.4 Å². The molecule has 1 aromatic heterocycles. The van der Waals surface area contributed by atoms with Crippen LogP contribution in [0.15, 0.2) is 18.3 Å². The highest BCUT2D eigenvalue weighted by Gasteiger charge is 2.12. The average Bonchev–Trinajstić information content (AvgIpc) is 2.28. The minimum Gasteiger partial charge on any atom is -0.384 e. The summed E-state index contributed by atoms with van der Waals surface area (Å²) < 4.78 is 0. The largest absolute Gasteiger partial charge is 0.384 e.